The molecule has 0 saturated heterocycles. The molecule has 0 fully saturated rings. The van der Waals surface area contributed by atoms with Crippen LogP contribution in [0.5, 0.6) is 0 Å². The van der Waals surface area contributed by atoms with Gasteiger partial charge < -0.3 is 25.9 Å². The van der Waals surface area contributed by atoms with Gasteiger partial charge in [-0.05, 0) is 114 Å². The van der Waals surface area contributed by atoms with Crippen LogP contribution in [0, 0.1) is 5.92 Å². The molecule has 68 heavy (non-hydrogen) atoms. The van der Waals surface area contributed by atoms with Crippen molar-refractivity contribution < 1.29 is 64.6 Å². The minimum Gasteiger partial charge on any atom is -0.691 e. The number of amides is 2. The molecule has 0 radical (unpaired) electrons. The first-order chi connectivity index (χ1) is 32.2. The molecule has 3 aliphatic heterocycles. The molecule has 3 heterocycles. The van der Waals surface area contributed by atoms with Crippen LogP contribution in [0.25, 0.3) is 0 Å². The van der Waals surface area contributed by atoms with Crippen LogP contribution in [0.2, 0.25) is 0 Å². The minimum atomic E-state index is -4.58. The molecule has 0 aliphatic carbocycles. The summed E-state index contributed by atoms with van der Waals surface area (Å²) in [5.41, 5.74) is 3.74. The smallest absolute Gasteiger partial charge is 0.303 e. The van der Waals surface area contributed by atoms with Gasteiger partial charge in [0.15, 0.2) is 5.71 Å². The van der Waals surface area contributed by atoms with Crippen LogP contribution in [-0.4, -0.2) is 91.1 Å². The van der Waals surface area contributed by atoms with Gasteiger partial charge in [0.05, 0.1) is 28.1 Å². The Labute approximate surface area is 404 Å². The molecule has 3 aliphatic rings. The predicted octanol–water partition coefficient (Wildman–Crippen LogP) is 7.00. The van der Waals surface area contributed by atoms with E-state index in [0.29, 0.717) is 87.1 Å². The molecule has 2 atom stereocenters. The Bertz CT molecular complexity index is 2470. The highest BCUT2D eigenvalue weighted by molar-refractivity contribution is 7.94. The summed E-state index contributed by atoms with van der Waals surface area (Å²) in [5, 5.41) is 29.4. The van der Waals surface area contributed by atoms with Gasteiger partial charge in [-0.15, -0.1) is 0 Å². The number of hydrogen-bond acceptors (Lipinski definition) is 12. The number of nitrogens with zero attached hydrogens (tertiary/aromatic N) is 2. The van der Waals surface area contributed by atoms with Gasteiger partial charge in [-0.2, -0.15) is 25.7 Å². The van der Waals surface area contributed by atoms with Gasteiger partial charge in [0.1, 0.15) is 6.54 Å². The van der Waals surface area contributed by atoms with E-state index in [9.17, 15) is 45.6 Å². The molecule has 2 aromatic rings. The topological polar surface area (TPSA) is 252 Å². The highest BCUT2D eigenvalue weighted by Crippen LogP contribution is 2.51. The van der Waals surface area contributed by atoms with Crippen LogP contribution in [0.15, 0.2) is 82.3 Å². The largest absolute Gasteiger partial charge is 0.691 e. The Morgan fingerprint density at radius 2 is 1.57 bits per heavy atom. The number of benzene rings is 2. The molecule has 2 amide bonds. The van der Waals surface area contributed by atoms with Crippen LogP contribution in [0.1, 0.15) is 128 Å². The van der Waals surface area contributed by atoms with Crippen LogP contribution >= 0.6 is 12.0 Å². The van der Waals surface area contributed by atoms with Crippen molar-refractivity contribution in [1.82, 2.24) is 10.6 Å². The van der Waals surface area contributed by atoms with Gasteiger partial charge in [0.25, 0.3) is 20.2 Å². The zero-order valence-electron chi connectivity index (χ0n) is 39.1. The Kier molecular flexibility index (Phi) is 20.0. The van der Waals surface area contributed by atoms with E-state index in [0.717, 1.165) is 60.4 Å². The van der Waals surface area contributed by atoms with E-state index >= 15 is 0 Å². The molecule has 5 N–H and O–H groups in total. The molecule has 0 bridgehead atoms. The SMILES string of the molecule is CC1(C)C2=[N+](CCCCCC(=O)NCC(CCCCCC(=O)O)CNC(=O)CCCCCC3(C)/C(=C/C=C/C=C/2)N(CCCS(=O)(=O)O)c2ccc(S(=O)(=O)O)cc23)c2ccc(SOO[O-])cc21. The van der Waals surface area contributed by atoms with Crippen molar-refractivity contribution >= 4 is 67.1 Å². The van der Waals surface area contributed by atoms with Gasteiger partial charge in [-0.25, -0.2) is 0 Å². The monoisotopic (exact) mass is 1000 g/mol. The molecule has 2 aromatic carbocycles. The van der Waals surface area contributed by atoms with Crippen molar-refractivity contribution in [2.75, 3.05) is 36.8 Å². The molecular weight excluding hydrogens is 937 g/mol. The lowest BCUT2D eigenvalue weighted by Crippen LogP contribution is -2.36. The van der Waals surface area contributed by atoms with E-state index in [1.165, 1.54) is 12.1 Å². The van der Waals surface area contributed by atoms with Crippen LogP contribution in [0.4, 0.5) is 11.4 Å². The normalized spacial score (nSPS) is 23.0. The fourth-order valence-electron chi connectivity index (χ4n) is 9.49. The highest BCUT2D eigenvalue weighted by Gasteiger charge is 2.45. The zero-order valence-corrected chi connectivity index (χ0v) is 41.6. The standard InChI is InChI=1S/C48H66N4O13S3/c1-47(2)38-31-36(66-65-64-57)23-25-40(38)51-28-15-7-12-21-45(54)50-34-35(17-8-4-13-22-46(55)56)33-49-44(53)20-11-6-14-27-48(3)39-32-37(68(61,62)63)24-26-41(39)52(29-16-30-67(58,59)60)43(48)19-10-5-9-18-42(47)51/h5,9-10,18-19,23-26,31-32,35H,4,6-8,11-17,20-22,27-30,33-34H2,1-3H3,(H5-,49,50,53,54,55,56,57,58,59,60,61,62,63). The first kappa shape index (κ1) is 54.5. The van der Waals surface area contributed by atoms with Crippen molar-refractivity contribution in [3.05, 3.63) is 83.6 Å². The number of carboxylic acid groups (broad SMARTS) is 1. The quantitative estimate of drug-likeness (QED) is 0.0319. The molecule has 374 valence electrons. The van der Waals surface area contributed by atoms with Crippen molar-refractivity contribution in [2.24, 2.45) is 5.92 Å². The molecule has 0 spiro atoms. The summed E-state index contributed by atoms with van der Waals surface area (Å²) >= 11 is 0.818. The molecule has 0 saturated carbocycles. The number of anilines is 1. The van der Waals surface area contributed by atoms with Gasteiger partial charge in [-0.3, -0.25) is 28.5 Å². The van der Waals surface area contributed by atoms with Crippen LogP contribution in [-0.2, 0) is 54.8 Å². The van der Waals surface area contributed by atoms with Gasteiger partial charge in [-0.1, -0.05) is 43.9 Å². The summed E-state index contributed by atoms with van der Waals surface area (Å²) in [6.45, 7) is 7.78. The highest BCUT2D eigenvalue weighted by atomic mass is 32.2. The summed E-state index contributed by atoms with van der Waals surface area (Å²) < 4.78 is 75.1. The number of carbonyl (C=O) groups is 3. The van der Waals surface area contributed by atoms with Crippen LogP contribution < -0.4 is 20.8 Å². The molecule has 0 aromatic heterocycles. The van der Waals surface area contributed by atoms with E-state index in [1.807, 2.05) is 60.4 Å². The Morgan fingerprint density at radius 1 is 0.868 bits per heavy atom. The number of fused-ring (bicyclic) bond motifs is 5. The fourth-order valence-corrected chi connectivity index (χ4v) is 10.9. The maximum absolute atomic E-state index is 13.1. The zero-order chi connectivity index (χ0) is 49.5. The van der Waals surface area contributed by atoms with Gasteiger partial charge >= 0.3 is 5.97 Å². The number of aliphatic carboxylic acids is 1. The third-order valence-corrected chi connectivity index (χ3v) is 15.3. The summed E-state index contributed by atoms with van der Waals surface area (Å²) in [4.78, 5) is 39.6. The third-order valence-electron chi connectivity index (χ3n) is 13.1. The van der Waals surface area contributed by atoms with Crippen molar-refractivity contribution in [3.63, 3.8) is 0 Å². The lowest BCUT2D eigenvalue weighted by atomic mass is 9.77. The van der Waals surface area contributed by atoms with E-state index in [1.54, 1.807) is 6.07 Å². The lowest BCUT2D eigenvalue weighted by molar-refractivity contribution is -0.777. The third kappa shape index (κ3) is 15.3. The maximum atomic E-state index is 13.1. The Balaban J connectivity index is 1.49. The number of hydrogen-bond donors (Lipinski definition) is 5. The Hall–Kier alpha value is -4.41. The predicted molar refractivity (Wildman–Crippen MR) is 257 cm³/mol. The summed E-state index contributed by atoms with van der Waals surface area (Å²) in [5.74, 6) is -1.56. The van der Waals surface area contributed by atoms with E-state index in [2.05, 4.69) is 38.4 Å². The molecule has 5 rings (SSSR count). The number of unbranched alkanes of at least 4 members (excludes halogenated alkanes) is 2. The van der Waals surface area contributed by atoms with E-state index in [4.69, 9.17) is 5.11 Å². The van der Waals surface area contributed by atoms with Crippen molar-refractivity contribution in [3.8, 4) is 0 Å². The van der Waals surface area contributed by atoms with Gasteiger partial charge in [0.2, 0.25) is 17.5 Å². The van der Waals surface area contributed by atoms with E-state index in [-0.39, 0.29) is 48.4 Å². The van der Waals surface area contributed by atoms with Crippen molar-refractivity contribution in [1.29, 1.82) is 0 Å². The summed E-state index contributed by atoms with van der Waals surface area (Å²) in [6, 6.07) is 10.2. The average molecular weight is 1000 g/mol. The lowest BCUT2D eigenvalue weighted by Gasteiger charge is -2.30. The average Bonchev–Trinajstić information content (AvgIpc) is 3.62. The fraction of sp³-hybridized carbons (Fsp3) is 0.542. The number of allylic oxidation sites excluding steroid dienone is 6. The summed E-state index contributed by atoms with van der Waals surface area (Å²) in [6.07, 6.45) is 17.7. The molecule has 20 heteroatoms. The van der Waals surface area contributed by atoms with Gasteiger partial charge in [0, 0.05) is 84.7 Å². The number of carboxylic acids is 1. The second-order valence-corrected chi connectivity index (χ2v) is 22.2. The molecule has 2 unspecified atom stereocenters. The molecular formula is C48H66N4O13S3. The minimum absolute atomic E-state index is 0.0418. The number of nitrogens with one attached hydrogen (secondary N) is 2. The van der Waals surface area contributed by atoms with E-state index < -0.39 is 42.8 Å². The molecule has 17 nitrogen and oxygen atoms in total. The Morgan fingerprint density at radius 3 is 2.24 bits per heavy atom. The number of carbonyl (C=O) groups excluding carboxylic acids is 2. The second kappa shape index (κ2) is 24.9. The van der Waals surface area contributed by atoms with Crippen molar-refractivity contribution in [2.45, 2.75) is 138 Å². The van der Waals surface area contributed by atoms with Crippen LogP contribution in [0.3, 0.4) is 0 Å². The summed E-state index contributed by atoms with van der Waals surface area (Å²) in [7, 11) is -8.86. The first-order valence-corrected chi connectivity index (χ1v) is 27.1. The maximum Gasteiger partial charge on any atom is 0.303 e. The first-order valence-electron chi connectivity index (χ1n) is 23.3. The second-order valence-electron chi connectivity index (χ2n) is 18.5. The number of rotatable bonds is 14.